The first-order valence-corrected chi connectivity index (χ1v) is 5.15. The van der Waals surface area contributed by atoms with Gasteiger partial charge in [-0.3, -0.25) is 0 Å². The van der Waals surface area contributed by atoms with Gasteiger partial charge in [0.1, 0.15) is 5.82 Å². The summed E-state index contributed by atoms with van der Waals surface area (Å²) < 4.78 is 55.8. The third-order valence-corrected chi connectivity index (χ3v) is 2.57. The molecule has 0 saturated carbocycles. The minimum Gasteiger partial charge on any atom is -0.378 e. The molecule has 17 heavy (non-hydrogen) atoms. The molecule has 1 aliphatic rings. The lowest BCUT2D eigenvalue weighted by Gasteiger charge is -2.24. The highest BCUT2D eigenvalue weighted by Crippen LogP contribution is 2.32. The first-order chi connectivity index (χ1) is 7.97. The van der Waals surface area contributed by atoms with Crippen LogP contribution in [0.5, 0.6) is 0 Å². The summed E-state index contributed by atoms with van der Waals surface area (Å²) in [5.41, 5.74) is -0.711. The van der Waals surface area contributed by atoms with Gasteiger partial charge in [0.25, 0.3) is 0 Å². The maximum Gasteiger partial charge on any atom is 0.416 e. The van der Waals surface area contributed by atoms with Crippen LogP contribution in [0.1, 0.15) is 17.2 Å². The van der Waals surface area contributed by atoms with Crippen LogP contribution in [0, 0.1) is 5.82 Å². The second-order valence-electron chi connectivity index (χ2n) is 3.85. The number of rotatable bonds is 1. The summed E-state index contributed by atoms with van der Waals surface area (Å²) in [6.07, 6.45) is -4.54. The second kappa shape index (κ2) is 4.62. The van der Waals surface area contributed by atoms with Gasteiger partial charge in [0, 0.05) is 6.54 Å². The van der Waals surface area contributed by atoms with E-state index in [1.807, 2.05) is 0 Å². The molecule has 1 aromatic rings. The average molecular weight is 249 g/mol. The van der Waals surface area contributed by atoms with Gasteiger partial charge in [-0.25, -0.2) is 4.39 Å². The van der Waals surface area contributed by atoms with Crippen molar-refractivity contribution in [1.29, 1.82) is 0 Å². The molecule has 6 heteroatoms. The van der Waals surface area contributed by atoms with Crippen molar-refractivity contribution in [3.05, 3.63) is 35.1 Å². The van der Waals surface area contributed by atoms with Crippen LogP contribution in [0.4, 0.5) is 17.6 Å². The van der Waals surface area contributed by atoms with Gasteiger partial charge < -0.3 is 10.1 Å². The van der Waals surface area contributed by atoms with Crippen molar-refractivity contribution >= 4 is 0 Å². The van der Waals surface area contributed by atoms with Gasteiger partial charge >= 0.3 is 6.18 Å². The van der Waals surface area contributed by atoms with Gasteiger partial charge in [-0.05, 0) is 23.8 Å². The molecular weight excluding hydrogens is 238 g/mol. The fourth-order valence-electron chi connectivity index (χ4n) is 1.76. The summed E-state index contributed by atoms with van der Waals surface area (Å²) in [6, 6.07) is 2.16. The average Bonchev–Trinajstić information content (AvgIpc) is 2.28. The first kappa shape index (κ1) is 12.3. The summed E-state index contributed by atoms with van der Waals surface area (Å²) in [6.45, 7) is 1.31. The lowest BCUT2D eigenvalue weighted by atomic mass is 10.0. The van der Waals surface area contributed by atoms with Crippen LogP contribution in [0.25, 0.3) is 0 Å². The minimum absolute atomic E-state index is 0.251. The van der Waals surface area contributed by atoms with Crippen molar-refractivity contribution in [2.24, 2.45) is 0 Å². The number of alkyl halides is 3. The normalized spacial score (nSPS) is 21.5. The summed E-state index contributed by atoms with van der Waals surface area (Å²) in [5, 5.41) is 2.98. The molecule has 2 nitrogen and oxygen atoms in total. The van der Waals surface area contributed by atoms with Crippen molar-refractivity contribution in [3.8, 4) is 0 Å². The van der Waals surface area contributed by atoms with Crippen molar-refractivity contribution < 1.29 is 22.3 Å². The Labute approximate surface area is 95.6 Å². The molecule has 2 rings (SSSR count). The molecule has 0 unspecified atom stereocenters. The molecular formula is C11H11F4NO. The quantitative estimate of drug-likeness (QED) is 0.772. The van der Waals surface area contributed by atoms with Crippen LogP contribution in [-0.2, 0) is 10.9 Å². The Morgan fingerprint density at radius 2 is 2.00 bits per heavy atom. The number of halogens is 4. The lowest BCUT2D eigenvalue weighted by Crippen LogP contribution is -2.34. The SMILES string of the molecule is Fc1cc([C@H]2COCCN2)cc(C(F)(F)F)c1. The van der Waals surface area contributed by atoms with Crippen LogP contribution in [0.3, 0.4) is 0 Å². The zero-order chi connectivity index (χ0) is 12.5. The van der Waals surface area contributed by atoms with E-state index in [1.54, 1.807) is 0 Å². The topological polar surface area (TPSA) is 21.3 Å². The van der Waals surface area contributed by atoms with Crippen LogP contribution in [0.2, 0.25) is 0 Å². The number of nitrogens with one attached hydrogen (secondary N) is 1. The minimum atomic E-state index is -4.54. The van der Waals surface area contributed by atoms with E-state index in [1.165, 1.54) is 0 Å². The fourth-order valence-corrected chi connectivity index (χ4v) is 1.76. The highest BCUT2D eigenvalue weighted by Gasteiger charge is 2.32. The highest BCUT2D eigenvalue weighted by molar-refractivity contribution is 5.29. The van der Waals surface area contributed by atoms with E-state index in [4.69, 9.17) is 4.74 Å². The maximum absolute atomic E-state index is 13.1. The third kappa shape index (κ3) is 2.95. The first-order valence-electron chi connectivity index (χ1n) is 5.15. The number of hydrogen-bond donors (Lipinski definition) is 1. The van der Waals surface area contributed by atoms with Crippen LogP contribution >= 0.6 is 0 Å². The third-order valence-electron chi connectivity index (χ3n) is 2.57. The Bertz CT molecular complexity index is 399. The van der Waals surface area contributed by atoms with Gasteiger partial charge in [-0.2, -0.15) is 13.2 Å². The van der Waals surface area contributed by atoms with E-state index in [2.05, 4.69) is 5.32 Å². The van der Waals surface area contributed by atoms with Crippen molar-refractivity contribution in [3.63, 3.8) is 0 Å². The summed E-state index contributed by atoms with van der Waals surface area (Å²) in [7, 11) is 0. The van der Waals surface area contributed by atoms with Crippen LogP contribution < -0.4 is 5.32 Å². The standard InChI is InChI=1S/C11H11F4NO/c12-9-4-7(10-6-17-2-1-16-10)3-8(5-9)11(13,14)15/h3-5,10,16H,1-2,6H2/t10-/m1/s1. The Hall–Kier alpha value is -1.14. The lowest BCUT2D eigenvalue weighted by molar-refractivity contribution is -0.137. The molecule has 1 fully saturated rings. The summed E-state index contributed by atoms with van der Waals surface area (Å²) >= 11 is 0. The van der Waals surface area contributed by atoms with E-state index in [9.17, 15) is 17.6 Å². The summed E-state index contributed by atoms with van der Waals surface area (Å²) in [4.78, 5) is 0. The van der Waals surface area contributed by atoms with Crippen molar-refractivity contribution in [1.82, 2.24) is 5.32 Å². The van der Waals surface area contributed by atoms with Crippen LogP contribution in [-0.4, -0.2) is 19.8 Å². The molecule has 0 aromatic heterocycles. The van der Waals surface area contributed by atoms with E-state index in [0.29, 0.717) is 19.2 Å². The van der Waals surface area contributed by atoms with E-state index >= 15 is 0 Å². The van der Waals surface area contributed by atoms with Crippen molar-refractivity contribution in [2.75, 3.05) is 19.8 Å². The molecule has 1 aliphatic heterocycles. The molecule has 1 heterocycles. The molecule has 1 saturated heterocycles. The summed E-state index contributed by atoms with van der Waals surface area (Å²) in [5.74, 6) is -0.887. The predicted molar refractivity (Wildman–Crippen MR) is 53.0 cm³/mol. The molecule has 94 valence electrons. The van der Waals surface area contributed by atoms with Gasteiger partial charge in [0.15, 0.2) is 0 Å². The predicted octanol–water partition coefficient (Wildman–Crippen LogP) is 2.51. The molecule has 1 N–H and O–H groups in total. The molecule has 1 aromatic carbocycles. The fraction of sp³-hybridized carbons (Fsp3) is 0.455. The Balaban J connectivity index is 2.31. The maximum atomic E-state index is 13.1. The van der Waals surface area contributed by atoms with E-state index < -0.39 is 17.6 Å². The number of ether oxygens (including phenoxy) is 1. The van der Waals surface area contributed by atoms with Gasteiger partial charge in [-0.1, -0.05) is 0 Å². The number of hydrogen-bond acceptors (Lipinski definition) is 2. The molecule has 0 bridgehead atoms. The van der Waals surface area contributed by atoms with Gasteiger partial charge in [0.2, 0.25) is 0 Å². The van der Waals surface area contributed by atoms with Crippen LogP contribution in [0.15, 0.2) is 18.2 Å². The van der Waals surface area contributed by atoms with Gasteiger partial charge in [0.05, 0.1) is 24.8 Å². The smallest absolute Gasteiger partial charge is 0.378 e. The molecule has 0 amide bonds. The van der Waals surface area contributed by atoms with E-state index in [-0.39, 0.29) is 18.2 Å². The molecule has 0 spiro atoms. The number of benzene rings is 1. The van der Waals surface area contributed by atoms with Gasteiger partial charge in [-0.15, -0.1) is 0 Å². The second-order valence-corrected chi connectivity index (χ2v) is 3.85. The van der Waals surface area contributed by atoms with Crippen molar-refractivity contribution in [2.45, 2.75) is 12.2 Å². The zero-order valence-electron chi connectivity index (χ0n) is 8.85. The zero-order valence-corrected chi connectivity index (χ0v) is 8.85. The molecule has 0 aliphatic carbocycles. The molecule has 0 radical (unpaired) electrons. The Kier molecular flexibility index (Phi) is 3.35. The largest absolute Gasteiger partial charge is 0.416 e. The number of morpholine rings is 1. The highest BCUT2D eigenvalue weighted by atomic mass is 19.4. The molecule has 1 atom stereocenters. The Morgan fingerprint density at radius 3 is 2.59 bits per heavy atom. The Morgan fingerprint density at radius 1 is 1.24 bits per heavy atom. The monoisotopic (exact) mass is 249 g/mol. The van der Waals surface area contributed by atoms with E-state index in [0.717, 1.165) is 12.1 Å².